The number of rotatable bonds is 10. The number of amides is 2. The van der Waals surface area contributed by atoms with Crippen molar-refractivity contribution in [3.63, 3.8) is 0 Å². The molecule has 7 heteroatoms. The zero-order valence-corrected chi connectivity index (χ0v) is 16.8. The lowest BCUT2D eigenvalue weighted by molar-refractivity contribution is -0.142. The molecule has 158 valence electrons. The van der Waals surface area contributed by atoms with Gasteiger partial charge in [-0.25, -0.2) is 9.59 Å². The summed E-state index contributed by atoms with van der Waals surface area (Å²) in [5, 5.41) is 14.4. The number of carboxylic acid groups (broad SMARTS) is 1. The molecule has 0 heterocycles. The van der Waals surface area contributed by atoms with E-state index in [2.05, 4.69) is 17.2 Å². The van der Waals surface area contributed by atoms with Crippen molar-refractivity contribution in [2.24, 2.45) is 0 Å². The molecule has 0 aromatic heterocycles. The predicted molar refractivity (Wildman–Crippen MR) is 113 cm³/mol. The largest absolute Gasteiger partial charge is 0.480 e. The Balaban J connectivity index is 2.06. The molecule has 3 N–H and O–H groups in total. The van der Waals surface area contributed by atoms with Gasteiger partial charge in [0.1, 0.15) is 18.7 Å². The SMILES string of the molecule is C=C(C)CC(NC(=O)[C@H](Cc1ccccc1)NC(=O)OCc1ccccc1)C(=O)O. The highest BCUT2D eigenvalue weighted by Crippen LogP contribution is 2.08. The van der Waals surface area contributed by atoms with Gasteiger partial charge in [0.05, 0.1) is 0 Å². The average molecular weight is 410 g/mol. The maximum absolute atomic E-state index is 12.8. The second kappa shape index (κ2) is 11.4. The Kier molecular flexibility index (Phi) is 8.62. The van der Waals surface area contributed by atoms with Gasteiger partial charge in [-0.15, -0.1) is 6.58 Å². The third kappa shape index (κ3) is 7.79. The Morgan fingerprint density at radius 3 is 2.03 bits per heavy atom. The van der Waals surface area contributed by atoms with Gasteiger partial charge in [0.25, 0.3) is 0 Å². The lowest BCUT2D eigenvalue weighted by Crippen LogP contribution is -2.52. The first-order valence-electron chi connectivity index (χ1n) is 9.54. The fraction of sp³-hybridized carbons (Fsp3) is 0.261. The first-order chi connectivity index (χ1) is 14.3. The summed E-state index contributed by atoms with van der Waals surface area (Å²) in [5.74, 6) is -1.78. The standard InChI is InChI=1S/C23H26N2O5/c1-16(2)13-20(22(27)28)24-21(26)19(14-17-9-5-3-6-10-17)25-23(29)30-15-18-11-7-4-8-12-18/h3-12,19-20H,1,13-15H2,2H3,(H,24,26)(H,25,29)(H,27,28)/t19-,20?/m0/s1. The molecule has 0 saturated heterocycles. The molecule has 0 aliphatic carbocycles. The van der Waals surface area contributed by atoms with Crippen molar-refractivity contribution in [3.05, 3.63) is 83.9 Å². The molecule has 0 spiro atoms. The number of hydrogen-bond acceptors (Lipinski definition) is 4. The number of benzene rings is 2. The topological polar surface area (TPSA) is 105 Å². The van der Waals surface area contributed by atoms with Crippen LogP contribution in [-0.4, -0.2) is 35.2 Å². The second-order valence-corrected chi connectivity index (χ2v) is 7.01. The van der Waals surface area contributed by atoms with Crippen LogP contribution in [0.3, 0.4) is 0 Å². The Hall–Kier alpha value is -3.61. The first kappa shape index (κ1) is 22.7. The zero-order chi connectivity index (χ0) is 21.9. The smallest absolute Gasteiger partial charge is 0.408 e. The van der Waals surface area contributed by atoms with Crippen LogP contribution in [0.15, 0.2) is 72.8 Å². The van der Waals surface area contributed by atoms with Gasteiger partial charge in [0.15, 0.2) is 0 Å². The number of ether oxygens (including phenoxy) is 1. The fourth-order valence-electron chi connectivity index (χ4n) is 2.79. The maximum Gasteiger partial charge on any atom is 0.408 e. The van der Waals surface area contributed by atoms with Crippen LogP contribution in [0.25, 0.3) is 0 Å². The molecule has 2 aromatic carbocycles. The van der Waals surface area contributed by atoms with E-state index in [1.165, 1.54) is 0 Å². The van der Waals surface area contributed by atoms with Gasteiger partial charge >= 0.3 is 12.1 Å². The van der Waals surface area contributed by atoms with E-state index in [-0.39, 0.29) is 19.4 Å². The Morgan fingerprint density at radius 2 is 1.50 bits per heavy atom. The van der Waals surface area contributed by atoms with E-state index in [1.54, 1.807) is 6.92 Å². The van der Waals surface area contributed by atoms with Gasteiger partial charge < -0.3 is 20.5 Å². The van der Waals surface area contributed by atoms with Gasteiger partial charge in [0, 0.05) is 6.42 Å². The van der Waals surface area contributed by atoms with Crippen LogP contribution in [0.5, 0.6) is 0 Å². The van der Waals surface area contributed by atoms with Gasteiger partial charge in [-0.3, -0.25) is 4.79 Å². The monoisotopic (exact) mass is 410 g/mol. The van der Waals surface area contributed by atoms with E-state index in [9.17, 15) is 19.5 Å². The number of alkyl carbamates (subject to hydrolysis) is 1. The molecule has 0 aliphatic rings. The van der Waals surface area contributed by atoms with Crippen molar-refractivity contribution in [2.75, 3.05) is 0 Å². The molecule has 2 atom stereocenters. The Bertz CT molecular complexity index is 868. The molecule has 0 bridgehead atoms. The lowest BCUT2D eigenvalue weighted by Gasteiger charge is -2.21. The molecule has 0 radical (unpaired) electrons. The molecule has 2 rings (SSSR count). The second-order valence-electron chi connectivity index (χ2n) is 7.01. The fourth-order valence-corrected chi connectivity index (χ4v) is 2.79. The summed E-state index contributed by atoms with van der Waals surface area (Å²) < 4.78 is 5.20. The molecule has 0 saturated carbocycles. The third-order valence-electron chi connectivity index (χ3n) is 4.27. The van der Waals surface area contributed by atoms with Crippen LogP contribution in [0.2, 0.25) is 0 Å². The molecule has 0 aliphatic heterocycles. The van der Waals surface area contributed by atoms with Crippen LogP contribution >= 0.6 is 0 Å². The Labute approximate surface area is 175 Å². The predicted octanol–water partition coefficient (Wildman–Crippen LogP) is 3.06. The average Bonchev–Trinajstić information content (AvgIpc) is 2.72. The molecule has 1 unspecified atom stereocenters. The van der Waals surface area contributed by atoms with Crippen molar-refractivity contribution in [1.29, 1.82) is 0 Å². The lowest BCUT2D eigenvalue weighted by atomic mass is 10.0. The van der Waals surface area contributed by atoms with Gasteiger partial charge in [-0.2, -0.15) is 0 Å². The minimum Gasteiger partial charge on any atom is -0.480 e. The third-order valence-corrected chi connectivity index (χ3v) is 4.27. The van der Waals surface area contributed by atoms with Crippen LogP contribution in [0.4, 0.5) is 4.79 Å². The number of carboxylic acids is 1. The van der Waals surface area contributed by atoms with Crippen molar-refractivity contribution >= 4 is 18.0 Å². The van der Waals surface area contributed by atoms with E-state index < -0.39 is 30.1 Å². The van der Waals surface area contributed by atoms with Crippen molar-refractivity contribution < 1.29 is 24.2 Å². The highest BCUT2D eigenvalue weighted by molar-refractivity contribution is 5.89. The maximum atomic E-state index is 12.8. The summed E-state index contributed by atoms with van der Waals surface area (Å²) in [4.78, 5) is 36.5. The summed E-state index contributed by atoms with van der Waals surface area (Å²) in [5.41, 5.74) is 2.24. The highest BCUT2D eigenvalue weighted by Gasteiger charge is 2.27. The van der Waals surface area contributed by atoms with Gasteiger partial charge in [-0.1, -0.05) is 66.2 Å². The molecule has 2 aromatic rings. The number of hydrogen-bond donors (Lipinski definition) is 3. The zero-order valence-electron chi connectivity index (χ0n) is 16.8. The van der Waals surface area contributed by atoms with Crippen molar-refractivity contribution in [3.8, 4) is 0 Å². The molecule has 7 nitrogen and oxygen atoms in total. The van der Waals surface area contributed by atoms with Crippen molar-refractivity contribution in [2.45, 2.75) is 38.5 Å². The molecular formula is C23H26N2O5. The number of aliphatic carboxylic acids is 1. The summed E-state index contributed by atoms with van der Waals surface area (Å²) >= 11 is 0. The van der Waals surface area contributed by atoms with E-state index in [4.69, 9.17) is 4.74 Å². The van der Waals surface area contributed by atoms with Crippen LogP contribution < -0.4 is 10.6 Å². The van der Waals surface area contributed by atoms with Crippen LogP contribution in [0, 0.1) is 0 Å². The molecule has 0 fully saturated rings. The van der Waals surface area contributed by atoms with E-state index >= 15 is 0 Å². The summed E-state index contributed by atoms with van der Waals surface area (Å²) in [6.07, 6.45) is -0.480. The quantitative estimate of drug-likeness (QED) is 0.522. The summed E-state index contributed by atoms with van der Waals surface area (Å²) in [6.45, 7) is 5.43. The van der Waals surface area contributed by atoms with Crippen LogP contribution in [0.1, 0.15) is 24.5 Å². The minimum atomic E-state index is -1.17. The van der Waals surface area contributed by atoms with E-state index in [1.807, 2.05) is 60.7 Å². The summed E-state index contributed by atoms with van der Waals surface area (Å²) in [6, 6.07) is 16.1. The Morgan fingerprint density at radius 1 is 0.933 bits per heavy atom. The number of carbonyl (C=O) groups is 3. The van der Waals surface area contributed by atoms with Crippen molar-refractivity contribution in [1.82, 2.24) is 10.6 Å². The molecule has 30 heavy (non-hydrogen) atoms. The van der Waals surface area contributed by atoms with E-state index in [0.29, 0.717) is 5.57 Å². The number of carbonyl (C=O) groups excluding carboxylic acids is 2. The molecule has 2 amide bonds. The van der Waals surface area contributed by atoms with Gasteiger partial charge in [-0.05, 0) is 24.5 Å². The number of nitrogens with one attached hydrogen (secondary N) is 2. The minimum absolute atomic E-state index is 0.0553. The molecular weight excluding hydrogens is 384 g/mol. The van der Waals surface area contributed by atoms with E-state index in [0.717, 1.165) is 11.1 Å². The summed E-state index contributed by atoms with van der Waals surface area (Å²) in [7, 11) is 0. The normalized spacial score (nSPS) is 12.3. The van der Waals surface area contributed by atoms with Gasteiger partial charge in [0.2, 0.25) is 5.91 Å². The highest BCUT2D eigenvalue weighted by atomic mass is 16.5. The van der Waals surface area contributed by atoms with Crippen LogP contribution in [-0.2, 0) is 27.4 Å². The first-order valence-corrected chi connectivity index (χ1v) is 9.54.